The highest BCUT2D eigenvalue weighted by Gasteiger charge is 2.30. The molecule has 1 aromatic carbocycles. The molecular formula is C15H21NO. The minimum Gasteiger partial charge on any atom is -0.497 e. The standard InChI is InChI=1S/C15H21NO/c1-15(2)8-6-11-4-5-12(17-3)10-13(11)14(15)7-9-16/h4-5,7,10H,6,8-9,16H2,1-3H3/b14-7-. The van der Waals surface area contributed by atoms with Gasteiger partial charge in [-0.25, -0.2) is 0 Å². The summed E-state index contributed by atoms with van der Waals surface area (Å²) in [6.07, 6.45) is 4.46. The molecule has 0 amide bonds. The van der Waals surface area contributed by atoms with Crippen LogP contribution < -0.4 is 10.5 Å². The molecule has 1 aliphatic rings. The van der Waals surface area contributed by atoms with E-state index in [9.17, 15) is 0 Å². The molecule has 1 aliphatic carbocycles. The Bertz CT molecular complexity index is 446. The van der Waals surface area contributed by atoms with Crippen molar-refractivity contribution < 1.29 is 4.74 Å². The van der Waals surface area contributed by atoms with Crippen LogP contribution in [0.5, 0.6) is 5.75 Å². The Morgan fingerprint density at radius 1 is 1.41 bits per heavy atom. The van der Waals surface area contributed by atoms with Gasteiger partial charge < -0.3 is 10.5 Å². The summed E-state index contributed by atoms with van der Waals surface area (Å²) in [6, 6.07) is 6.35. The van der Waals surface area contributed by atoms with Crippen LogP contribution in [0.15, 0.2) is 24.3 Å². The summed E-state index contributed by atoms with van der Waals surface area (Å²) in [5, 5.41) is 0. The Kier molecular flexibility index (Phi) is 3.25. The molecule has 92 valence electrons. The first-order chi connectivity index (χ1) is 8.08. The maximum atomic E-state index is 5.70. The van der Waals surface area contributed by atoms with Crippen LogP contribution in [0, 0.1) is 5.41 Å². The number of aryl methyl sites for hydroxylation is 1. The summed E-state index contributed by atoms with van der Waals surface area (Å²) in [5.41, 5.74) is 9.99. The van der Waals surface area contributed by atoms with Gasteiger partial charge in [0.1, 0.15) is 5.75 Å². The summed E-state index contributed by atoms with van der Waals surface area (Å²) in [4.78, 5) is 0. The molecule has 0 bridgehead atoms. The van der Waals surface area contributed by atoms with E-state index < -0.39 is 0 Å². The first kappa shape index (κ1) is 12.2. The van der Waals surface area contributed by atoms with Crippen molar-refractivity contribution in [2.24, 2.45) is 11.1 Å². The number of allylic oxidation sites excluding steroid dienone is 1. The number of hydrogen-bond acceptors (Lipinski definition) is 2. The fraction of sp³-hybridized carbons (Fsp3) is 0.467. The van der Waals surface area contributed by atoms with Gasteiger partial charge in [0.15, 0.2) is 0 Å². The van der Waals surface area contributed by atoms with Crippen molar-refractivity contribution in [3.63, 3.8) is 0 Å². The molecule has 17 heavy (non-hydrogen) atoms. The average Bonchev–Trinajstić information content (AvgIpc) is 2.32. The van der Waals surface area contributed by atoms with Crippen molar-refractivity contribution in [2.75, 3.05) is 13.7 Å². The SMILES string of the molecule is COc1ccc2c(c1)/C(=C/CN)C(C)(C)CC2. The lowest BCUT2D eigenvalue weighted by molar-refractivity contribution is 0.411. The summed E-state index contributed by atoms with van der Waals surface area (Å²) in [7, 11) is 1.71. The van der Waals surface area contributed by atoms with Gasteiger partial charge >= 0.3 is 0 Å². The zero-order valence-corrected chi connectivity index (χ0v) is 10.9. The fourth-order valence-electron chi connectivity index (χ4n) is 2.60. The highest BCUT2D eigenvalue weighted by atomic mass is 16.5. The van der Waals surface area contributed by atoms with Crippen LogP contribution in [0.3, 0.4) is 0 Å². The van der Waals surface area contributed by atoms with Crippen LogP contribution in [0.25, 0.3) is 5.57 Å². The fourth-order valence-corrected chi connectivity index (χ4v) is 2.60. The van der Waals surface area contributed by atoms with Crippen LogP contribution >= 0.6 is 0 Å². The van der Waals surface area contributed by atoms with E-state index in [2.05, 4.69) is 32.1 Å². The second-order valence-electron chi connectivity index (χ2n) is 5.26. The van der Waals surface area contributed by atoms with E-state index in [1.807, 2.05) is 6.07 Å². The molecule has 0 saturated carbocycles. The number of benzene rings is 1. The summed E-state index contributed by atoms with van der Waals surface area (Å²) < 4.78 is 5.32. The van der Waals surface area contributed by atoms with Gasteiger partial charge in [-0.1, -0.05) is 26.0 Å². The van der Waals surface area contributed by atoms with Crippen molar-refractivity contribution in [3.05, 3.63) is 35.4 Å². The molecule has 2 nitrogen and oxygen atoms in total. The summed E-state index contributed by atoms with van der Waals surface area (Å²) >= 11 is 0. The van der Waals surface area contributed by atoms with Gasteiger partial charge in [-0.2, -0.15) is 0 Å². The van der Waals surface area contributed by atoms with Crippen LogP contribution in [0.1, 0.15) is 31.4 Å². The number of fused-ring (bicyclic) bond motifs is 1. The zero-order valence-electron chi connectivity index (χ0n) is 10.9. The molecule has 0 heterocycles. The van der Waals surface area contributed by atoms with E-state index in [1.54, 1.807) is 7.11 Å². The van der Waals surface area contributed by atoms with Crippen LogP contribution in [0.2, 0.25) is 0 Å². The van der Waals surface area contributed by atoms with E-state index >= 15 is 0 Å². The van der Waals surface area contributed by atoms with E-state index in [-0.39, 0.29) is 5.41 Å². The van der Waals surface area contributed by atoms with Crippen molar-refractivity contribution >= 4 is 5.57 Å². The molecule has 0 aromatic heterocycles. The third-order valence-electron chi connectivity index (χ3n) is 3.68. The predicted molar refractivity (Wildman–Crippen MR) is 72.1 cm³/mol. The highest BCUT2D eigenvalue weighted by molar-refractivity contribution is 5.75. The number of rotatable bonds is 2. The first-order valence-electron chi connectivity index (χ1n) is 6.16. The minimum atomic E-state index is 0.207. The van der Waals surface area contributed by atoms with Crippen molar-refractivity contribution in [3.8, 4) is 5.75 Å². The number of hydrogen-bond donors (Lipinski definition) is 1. The highest BCUT2D eigenvalue weighted by Crippen LogP contribution is 2.45. The van der Waals surface area contributed by atoms with Crippen LogP contribution in [-0.2, 0) is 6.42 Å². The molecule has 0 spiro atoms. The molecule has 2 N–H and O–H groups in total. The maximum absolute atomic E-state index is 5.70. The lowest BCUT2D eigenvalue weighted by Gasteiger charge is -2.35. The molecular weight excluding hydrogens is 210 g/mol. The van der Waals surface area contributed by atoms with Gasteiger partial charge in [0, 0.05) is 6.54 Å². The maximum Gasteiger partial charge on any atom is 0.119 e. The number of ether oxygens (including phenoxy) is 1. The van der Waals surface area contributed by atoms with Gasteiger partial charge in [0.2, 0.25) is 0 Å². The van der Waals surface area contributed by atoms with Gasteiger partial charge in [0.05, 0.1) is 7.11 Å². The quantitative estimate of drug-likeness (QED) is 0.849. The second-order valence-corrected chi connectivity index (χ2v) is 5.26. The van der Waals surface area contributed by atoms with Gasteiger partial charge in [-0.3, -0.25) is 0 Å². The summed E-state index contributed by atoms with van der Waals surface area (Å²) in [5.74, 6) is 0.921. The number of methoxy groups -OCH3 is 1. The summed E-state index contributed by atoms with van der Waals surface area (Å²) in [6.45, 7) is 5.17. The van der Waals surface area contributed by atoms with Crippen LogP contribution in [-0.4, -0.2) is 13.7 Å². The molecule has 1 aromatic rings. The zero-order chi connectivity index (χ0) is 12.5. The van der Waals surface area contributed by atoms with E-state index in [1.165, 1.54) is 23.1 Å². The average molecular weight is 231 g/mol. The Morgan fingerprint density at radius 3 is 2.82 bits per heavy atom. The molecule has 0 radical (unpaired) electrons. The van der Waals surface area contributed by atoms with E-state index in [0.717, 1.165) is 12.2 Å². The third kappa shape index (κ3) is 2.22. The van der Waals surface area contributed by atoms with Crippen molar-refractivity contribution in [1.29, 1.82) is 0 Å². The Morgan fingerprint density at radius 2 is 2.18 bits per heavy atom. The second kappa shape index (κ2) is 4.53. The molecule has 0 saturated heterocycles. The number of nitrogens with two attached hydrogens (primary N) is 1. The molecule has 0 fully saturated rings. The monoisotopic (exact) mass is 231 g/mol. The molecule has 0 aliphatic heterocycles. The van der Waals surface area contributed by atoms with Crippen molar-refractivity contribution in [1.82, 2.24) is 0 Å². The molecule has 2 heteroatoms. The Hall–Kier alpha value is -1.28. The molecule has 2 rings (SSSR count). The largest absolute Gasteiger partial charge is 0.497 e. The van der Waals surface area contributed by atoms with E-state index in [4.69, 9.17) is 10.5 Å². The Labute approximate surface area is 103 Å². The molecule has 0 unspecified atom stereocenters. The smallest absolute Gasteiger partial charge is 0.119 e. The third-order valence-corrected chi connectivity index (χ3v) is 3.68. The Balaban J connectivity index is 2.54. The molecule has 0 atom stereocenters. The minimum absolute atomic E-state index is 0.207. The normalized spacial score (nSPS) is 20.1. The van der Waals surface area contributed by atoms with Gasteiger partial charge in [-0.15, -0.1) is 0 Å². The van der Waals surface area contributed by atoms with Gasteiger partial charge in [-0.05, 0) is 47.1 Å². The van der Waals surface area contributed by atoms with E-state index in [0.29, 0.717) is 6.54 Å². The predicted octanol–water partition coefficient (Wildman–Crippen LogP) is 3.01. The first-order valence-corrected chi connectivity index (χ1v) is 6.16. The topological polar surface area (TPSA) is 35.2 Å². The lowest BCUT2D eigenvalue weighted by Crippen LogP contribution is -2.22. The van der Waals surface area contributed by atoms with Crippen LogP contribution in [0.4, 0.5) is 0 Å². The van der Waals surface area contributed by atoms with Crippen molar-refractivity contribution in [2.45, 2.75) is 26.7 Å². The van der Waals surface area contributed by atoms with Gasteiger partial charge in [0.25, 0.3) is 0 Å². The lowest BCUT2D eigenvalue weighted by atomic mass is 9.70.